The van der Waals surface area contributed by atoms with E-state index in [0.717, 1.165) is 12.1 Å². The van der Waals surface area contributed by atoms with Crippen molar-refractivity contribution in [3.63, 3.8) is 0 Å². The molecule has 0 amide bonds. The van der Waals surface area contributed by atoms with Crippen molar-refractivity contribution >= 4 is 32.8 Å². The first kappa shape index (κ1) is 13.3. The Morgan fingerprint density at radius 1 is 1.44 bits per heavy atom. The molecular formula is C9H5BrClF3O2. The molecule has 0 saturated heterocycles. The van der Waals surface area contributed by atoms with Crippen LogP contribution in [0.4, 0.5) is 13.2 Å². The molecule has 7 heteroatoms. The summed E-state index contributed by atoms with van der Waals surface area (Å²) in [6.07, 6.45) is -4.64. The van der Waals surface area contributed by atoms with Crippen molar-refractivity contribution in [2.24, 2.45) is 0 Å². The summed E-state index contributed by atoms with van der Waals surface area (Å²) < 4.78 is 42.5. The molecule has 0 unspecified atom stereocenters. The number of alkyl halides is 3. The summed E-state index contributed by atoms with van der Waals surface area (Å²) in [6, 6.07) is 1.71. The van der Waals surface area contributed by atoms with E-state index in [1.807, 2.05) is 0 Å². The van der Waals surface area contributed by atoms with E-state index < -0.39 is 22.5 Å². The van der Waals surface area contributed by atoms with E-state index in [2.05, 4.69) is 15.9 Å². The second-order valence-electron chi connectivity index (χ2n) is 2.80. The molecule has 0 aliphatic rings. The van der Waals surface area contributed by atoms with Crippen molar-refractivity contribution in [3.05, 3.63) is 27.7 Å². The predicted octanol–water partition coefficient (Wildman–Crippen LogP) is 3.86. The fourth-order valence-corrected chi connectivity index (χ4v) is 1.77. The summed E-state index contributed by atoms with van der Waals surface area (Å²) >= 11 is 7.99. The van der Waals surface area contributed by atoms with Crippen LogP contribution in [-0.4, -0.2) is 12.4 Å². The Morgan fingerprint density at radius 3 is 2.38 bits per heavy atom. The van der Waals surface area contributed by atoms with Crippen LogP contribution in [0.2, 0.25) is 0 Å². The minimum atomic E-state index is -4.64. The van der Waals surface area contributed by atoms with Crippen molar-refractivity contribution in [3.8, 4) is 5.75 Å². The van der Waals surface area contributed by atoms with Gasteiger partial charge in [0.05, 0.1) is 17.1 Å². The zero-order chi connectivity index (χ0) is 12.5. The fraction of sp³-hybridized carbons (Fsp3) is 0.222. The van der Waals surface area contributed by atoms with Crippen molar-refractivity contribution in [1.29, 1.82) is 0 Å². The lowest BCUT2D eigenvalue weighted by molar-refractivity contribution is -0.137. The molecule has 0 aliphatic carbocycles. The maximum absolute atomic E-state index is 12.6. The van der Waals surface area contributed by atoms with E-state index in [1.165, 1.54) is 7.11 Å². The van der Waals surface area contributed by atoms with Crippen LogP contribution in [0.1, 0.15) is 15.9 Å². The van der Waals surface area contributed by atoms with E-state index in [9.17, 15) is 18.0 Å². The van der Waals surface area contributed by atoms with Crippen molar-refractivity contribution in [2.75, 3.05) is 7.11 Å². The highest BCUT2D eigenvalue weighted by molar-refractivity contribution is 9.10. The summed E-state index contributed by atoms with van der Waals surface area (Å²) in [7, 11) is 1.27. The Balaban J connectivity index is 3.49. The van der Waals surface area contributed by atoms with Crippen molar-refractivity contribution < 1.29 is 22.7 Å². The minimum Gasteiger partial charge on any atom is -0.496 e. The van der Waals surface area contributed by atoms with E-state index >= 15 is 0 Å². The zero-order valence-electron chi connectivity index (χ0n) is 7.86. The zero-order valence-corrected chi connectivity index (χ0v) is 10.2. The molecule has 1 aromatic carbocycles. The van der Waals surface area contributed by atoms with Crippen molar-refractivity contribution in [2.45, 2.75) is 6.18 Å². The summed E-state index contributed by atoms with van der Waals surface area (Å²) in [4.78, 5) is 10.9. The second-order valence-corrected chi connectivity index (χ2v) is 4.00. The van der Waals surface area contributed by atoms with Crippen LogP contribution in [0.15, 0.2) is 16.6 Å². The van der Waals surface area contributed by atoms with Crippen LogP contribution in [0.3, 0.4) is 0 Å². The van der Waals surface area contributed by atoms with Gasteiger partial charge < -0.3 is 4.74 Å². The highest BCUT2D eigenvalue weighted by atomic mass is 79.9. The van der Waals surface area contributed by atoms with Gasteiger partial charge in [-0.2, -0.15) is 13.2 Å². The highest BCUT2D eigenvalue weighted by Crippen LogP contribution is 2.38. The molecule has 0 saturated carbocycles. The van der Waals surface area contributed by atoms with Crippen LogP contribution < -0.4 is 4.74 Å². The molecule has 0 aromatic heterocycles. The van der Waals surface area contributed by atoms with Gasteiger partial charge in [-0.3, -0.25) is 4.79 Å². The Bertz CT molecular complexity index is 431. The van der Waals surface area contributed by atoms with Crippen LogP contribution >= 0.6 is 27.5 Å². The number of hydrogen-bond donors (Lipinski definition) is 0. The molecule has 0 fully saturated rings. The van der Waals surface area contributed by atoms with Gasteiger partial charge >= 0.3 is 6.18 Å². The average molecular weight is 317 g/mol. The summed E-state index contributed by atoms with van der Waals surface area (Å²) in [5.74, 6) is 0.108. The van der Waals surface area contributed by atoms with Gasteiger partial charge in [-0.15, -0.1) is 0 Å². The molecule has 0 atom stereocenters. The van der Waals surface area contributed by atoms with Gasteiger partial charge in [-0.1, -0.05) is 0 Å². The highest BCUT2D eigenvalue weighted by Gasteiger charge is 2.35. The Kier molecular flexibility index (Phi) is 3.85. The third kappa shape index (κ3) is 2.68. The van der Waals surface area contributed by atoms with Crippen LogP contribution in [0.25, 0.3) is 0 Å². The molecule has 1 rings (SSSR count). The predicted molar refractivity (Wildman–Crippen MR) is 55.9 cm³/mol. The van der Waals surface area contributed by atoms with Gasteiger partial charge in [0.1, 0.15) is 5.75 Å². The summed E-state index contributed by atoms with van der Waals surface area (Å²) in [5, 5.41) is -1.18. The molecule has 1 aromatic rings. The second kappa shape index (κ2) is 4.63. The lowest BCUT2D eigenvalue weighted by Crippen LogP contribution is -2.11. The van der Waals surface area contributed by atoms with E-state index in [-0.39, 0.29) is 10.2 Å². The molecule has 2 nitrogen and oxygen atoms in total. The molecule has 0 aliphatic heterocycles. The third-order valence-electron chi connectivity index (χ3n) is 1.81. The normalized spacial score (nSPS) is 11.4. The van der Waals surface area contributed by atoms with Gasteiger partial charge in [-0.05, 0) is 39.7 Å². The molecule has 0 radical (unpaired) electrons. The monoisotopic (exact) mass is 316 g/mol. The first-order chi connectivity index (χ1) is 7.27. The van der Waals surface area contributed by atoms with Gasteiger partial charge in [0.25, 0.3) is 5.24 Å². The van der Waals surface area contributed by atoms with Crippen LogP contribution in [0.5, 0.6) is 5.75 Å². The number of carbonyl (C=O) groups is 1. The molecule has 0 spiro atoms. The smallest absolute Gasteiger partial charge is 0.417 e. The molecule has 0 N–H and O–H groups in total. The Morgan fingerprint density at radius 2 is 2.00 bits per heavy atom. The van der Waals surface area contributed by atoms with E-state index in [0.29, 0.717) is 0 Å². The topological polar surface area (TPSA) is 26.3 Å². The first-order valence-electron chi connectivity index (χ1n) is 3.92. The maximum atomic E-state index is 12.6. The number of carbonyl (C=O) groups excluding carboxylic acids is 1. The van der Waals surface area contributed by atoms with E-state index in [4.69, 9.17) is 16.3 Å². The number of methoxy groups -OCH3 is 1. The largest absolute Gasteiger partial charge is 0.496 e. The first-order valence-corrected chi connectivity index (χ1v) is 5.09. The lowest BCUT2D eigenvalue weighted by atomic mass is 10.1. The SMILES string of the molecule is COc1cc(C(=O)Cl)c(C(F)(F)F)cc1Br. The molecule has 0 bridgehead atoms. The molecule has 0 heterocycles. The third-order valence-corrected chi connectivity index (χ3v) is 2.63. The van der Waals surface area contributed by atoms with Crippen molar-refractivity contribution in [1.82, 2.24) is 0 Å². The molecular weight excluding hydrogens is 312 g/mol. The Labute approximate surface area is 102 Å². The minimum absolute atomic E-state index is 0.101. The number of halogens is 5. The van der Waals surface area contributed by atoms with Gasteiger partial charge in [0.2, 0.25) is 0 Å². The number of hydrogen-bond acceptors (Lipinski definition) is 2. The average Bonchev–Trinajstić information content (AvgIpc) is 2.15. The van der Waals surface area contributed by atoms with Gasteiger partial charge in [-0.25, -0.2) is 0 Å². The number of rotatable bonds is 2. The standard InChI is InChI=1S/C9H5BrClF3O2/c1-16-7-2-4(8(11)15)5(3-6(7)10)9(12,13)14/h2-3H,1H3. The molecule has 88 valence electrons. The Hall–Kier alpha value is -0.750. The number of benzene rings is 1. The fourth-order valence-electron chi connectivity index (χ4n) is 1.11. The summed E-state index contributed by atoms with van der Waals surface area (Å²) in [5.41, 5.74) is -1.73. The van der Waals surface area contributed by atoms with Gasteiger partial charge in [0, 0.05) is 5.56 Å². The summed E-state index contributed by atoms with van der Waals surface area (Å²) in [6.45, 7) is 0. The van der Waals surface area contributed by atoms with E-state index in [1.54, 1.807) is 0 Å². The maximum Gasteiger partial charge on any atom is 0.417 e. The lowest BCUT2D eigenvalue weighted by Gasteiger charge is -2.13. The van der Waals surface area contributed by atoms with Crippen LogP contribution in [0, 0.1) is 0 Å². The van der Waals surface area contributed by atoms with Crippen LogP contribution in [-0.2, 0) is 6.18 Å². The molecule has 16 heavy (non-hydrogen) atoms. The quantitative estimate of drug-likeness (QED) is 0.774. The number of ether oxygens (including phenoxy) is 1. The van der Waals surface area contributed by atoms with Gasteiger partial charge in [0.15, 0.2) is 0 Å².